The topological polar surface area (TPSA) is 66.8 Å². The van der Waals surface area contributed by atoms with E-state index in [1.54, 1.807) is 38.1 Å². The summed E-state index contributed by atoms with van der Waals surface area (Å²) in [5.41, 5.74) is -1.00. The molecule has 1 aliphatic rings. The lowest BCUT2D eigenvalue weighted by atomic mass is 10.0. The Balaban J connectivity index is 2.46. The van der Waals surface area contributed by atoms with Gasteiger partial charge in [-0.05, 0) is 50.6 Å². The highest BCUT2D eigenvalue weighted by atomic mass is 35.5. The summed E-state index contributed by atoms with van der Waals surface area (Å²) in [5.74, 6) is -1.31. The van der Waals surface area contributed by atoms with E-state index in [0.717, 1.165) is 4.90 Å². The van der Waals surface area contributed by atoms with Gasteiger partial charge in [-0.2, -0.15) is 0 Å². The molecular weight excluding hydrogens is 294 g/mol. The number of carbonyl (C=O) groups excluding carboxylic acids is 2. The number of benzene rings is 1. The van der Waals surface area contributed by atoms with E-state index in [4.69, 9.17) is 16.3 Å². The summed E-state index contributed by atoms with van der Waals surface area (Å²) in [5, 5.41) is 11.1. The van der Waals surface area contributed by atoms with Crippen molar-refractivity contribution >= 4 is 29.2 Å². The van der Waals surface area contributed by atoms with E-state index >= 15 is 0 Å². The van der Waals surface area contributed by atoms with Gasteiger partial charge in [-0.25, -0.2) is 4.79 Å². The van der Waals surface area contributed by atoms with Crippen molar-refractivity contribution in [3.63, 3.8) is 0 Å². The number of rotatable bonds is 3. The fourth-order valence-electron chi connectivity index (χ4n) is 2.28. The maximum absolute atomic E-state index is 12.5. The second-order valence-electron chi connectivity index (χ2n) is 4.86. The van der Waals surface area contributed by atoms with Gasteiger partial charge in [0.2, 0.25) is 0 Å². The summed E-state index contributed by atoms with van der Waals surface area (Å²) in [4.78, 5) is 25.6. The molecule has 1 N–H and O–H groups in total. The third-order valence-corrected chi connectivity index (χ3v) is 3.75. The number of ether oxygens (including phenoxy) is 1. The number of anilines is 1. The molecule has 1 aromatic rings. The predicted molar refractivity (Wildman–Crippen MR) is 78.9 cm³/mol. The van der Waals surface area contributed by atoms with Gasteiger partial charge in [0.05, 0.1) is 6.61 Å². The molecule has 6 heteroatoms. The minimum atomic E-state index is -1.59. The first-order chi connectivity index (χ1) is 9.80. The third-order valence-electron chi connectivity index (χ3n) is 3.50. The van der Waals surface area contributed by atoms with Crippen LogP contribution >= 0.6 is 11.6 Å². The van der Waals surface area contributed by atoms with Crippen LogP contribution in [0.3, 0.4) is 0 Å². The molecule has 0 bridgehead atoms. The van der Waals surface area contributed by atoms with E-state index in [9.17, 15) is 14.7 Å². The van der Waals surface area contributed by atoms with Crippen molar-refractivity contribution in [3.05, 3.63) is 40.4 Å². The summed E-state index contributed by atoms with van der Waals surface area (Å²) in [6.45, 7) is 4.81. The second kappa shape index (κ2) is 5.50. The Morgan fingerprint density at radius 2 is 1.95 bits per heavy atom. The van der Waals surface area contributed by atoms with Crippen LogP contribution in [0.2, 0.25) is 5.02 Å². The van der Waals surface area contributed by atoms with Gasteiger partial charge in [-0.3, -0.25) is 9.69 Å². The van der Waals surface area contributed by atoms with Crippen LogP contribution < -0.4 is 4.90 Å². The first-order valence-corrected chi connectivity index (χ1v) is 6.89. The lowest BCUT2D eigenvalue weighted by Gasteiger charge is -2.31. The first kappa shape index (κ1) is 15.5. The van der Waals surface area contributed by atoms with Crippen molar-refractivity contribution < 1.29 is 19.4 Å². The average molecular weight is 310 g/mol. The van der Waals surface area contributed by atoms with Gasteiger partial charge in [-0.1, -0.05) is 11.6 Å². The summed E-state index contributed by atoms with van der Waals surface area (Å²) >= 11 is 5.82. The molecule has 21 heavy (non-hydrogen) atoms. The number of halogens is 1. The Hall–Kier alpha value is -1.85. The fraction of sp³-hybridized carbons (Fsp3) is 0.333. The normalized spacial score (nSPS) is 22.0. The van der Waals surface area contributed by atoms with Gasteiger partial charge in [0.25, 0.3) is 5.91 Å². The van der Waals surface area contributed by atoms with Crippen molar-refractivity contribution in [1.29, 1.82) is 0 Å². The summed E-state index contributed by atoms with van der Waals surface area (Å²) < 4.78 is 4.89. The molecule has 0 saturated heterocycles. The Labute approximate surface area is 127 Å². The maximum atomic E-state index is 12.5. The largest absolute Gasteiger partial charge is 0.462 e. The van der Waals surface area contributed by atoms with Gasteiger partial charge in [0.15, 0.2) is 5.72 Å². The number of hydrogen-bond donors (Lipinski definition) is 1. The highest BCUT2D eigenvalue weighted by molar-refractivity contribution is 6.30. The van der Waals surface area contributed by atoms with E-state index in [2.05, 4.69) is 0 Å². The van der Waals surface area contributed by atoms with E-state index in [1.807, 2.05) is 0 Å². The van der Waals surface area contributed by atoms with Crippen LogP contribution in [0.25, 0.3) is 0 Å². The van der Waals surface area contributed by atoms with Crippen LogP contribution in [0.1, 0.15) is 20.8 Å². The van der Waals surface area contributed by atoms with Gasteiger partial charge >= 0.3 is 5.97 Å². The highest BCUT2D eigenvalue weighted by Crippen LogP contribution is 2.38. The molecular formula is C15H16ClNO4. The number of carbonyl (C=O) groups is 2. The Bertz CT molecular complexity index is 619. The fourth-order valence-corrected chi connectivity index (χ4v) is 2.40. The zero-order chi connectivity index (χ0) is 15.8. The molecule has 1 atom stereocenters. The van der Waals surface area contributed by atoms with Gasteiger partial charge in [0, 0.05) is 10.7 Å². The van der Waals surface area contributed by atoms with Gasteiger partial charge in [0.1, 0.15) is 5.57 Å². The molecule has 112 valence electrons. The Morgan fingerprint density at radius 3 is 2.48 bits per heavy atom. The lowest BCUT2D eigenvalue weighted by molar-refractivity contribution is -0.139. The average Bonchev–Trinajstić information content (AvgIpc) is 2.58. The monoisotopic (exact) mass is 309 g/mol. The van der Waals surface area contributed by atoms with Crippen molar-refractivity contribution in [2.24, 2.45) is 0 Å². The minimum Gasteiger partial charge on any atom is -0.462 e. The van der Waals surface area contributed by atoms with Crippen LogP contribution in [0.15, 0.2) is 35.4 Å². The molecule has 0 saturated carbocycles. The number of amides is 1. The molecule has 0 aliphatic carbocycles. The van der Waals surface area contributed by atoms with Crippen molar-refractivity contribution in [1.82, 2.24) is 0 Å². The van der Waals surface area contributed by atoms with E-state index in [0.29, 0.717) is 10.7 Å². The summed E-state index contributed by atoms with van der Waals surface area (Å²) in [7, 11) is 0. The molecule has 1 heterocycles. The third kappa shape index (κ3) is 2.54. The smallest absolute Gasteiger partial charge is 0.343 e. The summed E-state index contributed by atoms with van der Waals surface area (Å²) in [6, 6.07) is 6.43. The minimum absolute atomic E-state index is 0.128. The molecule has 0 aromatic heterocycles. The highest BCUT2D eigenvalue weighted by Gasteiger charge is 2.48. The number of esters is 1. The van der Waals surface area contributed by atoms with Gasteiger partial charge in [-0.15, -0.1) is 0 Å². The Kier molecular flexibility index (Phi) is 4.07. The van der Waals surface area contributed by atoms with Crippen LogP contribution in [0.4, 0.5) is 5.69 Å². The SMILES string of the molecule is CCOC(=O)C1=C(C)C(C)(O)N(c2ccc(Cl)cc2)C1=O. The van der Waals surface area contributed by atoms with Crippen LogP contribution in [-0.4, -0.2) is 29.3 Å². The molecule has 0 radical (unpaired) electrons. The molecule has 1 aromatic carbocycles. The number of aliphatic hydroxyl groups is 1. The zero-order valence-corrected chi connectivity index (χ0v) is 12.8. The molecule has 1 unspecified atom stereocenters. The quantitative estimate of drug-likeness (QED) is 0.687. The van der Waals surface area contributed by atoms with Crippen molar-refractivity contribution in [2.45, 2.75) is 26.5 Å². The van der Waals surface area contributed by atoms with Crippen molar-refractivity contribution in [2.75, 3.05) is 11.5 Å². The zero-order valence-electron chi connectivity index (χ0n) is 12.0. The molecule has 1 amide bonds. The van der Waals surface area contributed by atoms with Crippen molar-refractivity contribution in [3.8, 4) is 0 Å². The number of nitrogens with zero attached hydrogens (tertiary/aromatic N) is 1. The van der Waals surface area contributed by atoms with E-state index in [1.165, 1.54) is 6.92 Å². The van der Waals surface area contributed by atoms with Crippen LogP contribution in [0, 0.1) is 0 Å². The standard InChI is InChI=1S/C15H16ClNO4/c1-4-21-14(19)12-9(2)15(3,20)17(13(12)18)11-7-5-10(16)6-8-11/h5-8,20H,4H2,1-3H3. The Morgan fingerprint density at radius 1 is 1.38 bits per heavy atom. The van der Waals surface area contributed by atoms with E-state index < -0.39 is 17.6 Å². The molecule has 1 aliphatic heterocycles. The van der Waals surface area contributed by atoms with Crippen LogP contribution in [-0.2, 0) is 14.3 Å². The number of hydrogen-bond acceptors (Lipinski definition) is 4. The molecule has 5 nitrogen and oxygen atoms in total. The molecule has 0 spiro atoms. The maximum Gasteiger partial charge on any atom is 0.343 e. The summed E-state index contributed by atoms with van der Waals surface area (Å²) in [6.07, 6.45) is 0. The van der Waals surface area contributed by atoms with E-state index in [-0.39, 0.29) is 17.8 Å². The van der Waals surface area contributed by atoms with Gasteiger partial charge < -0.3 is 9.84 Å². The lowest BCUT2D eigenvalue weighted by Crippen LogP contribution is -2.46. The molecule has 0 fully saturated rings. The first-order valence-electron chi connectivity index (χ1n) is 6.51. The second-order valence-corrected chi connectivity index (χ2v) is 5.29. The van der Waals surface area contributed by atoms with Crippen LogP contribution in [0.5, 0.6) is 0 Å². The predicted octanol–water partition coefficient (Wildman–Crippen LogP) is 2.27. The molecule has 2 rings (SSSR count).